The fourth-order valence-electron chi connectivity index (χ4n) is 2.54. The Morgan fingerprint density at radius 1 is 1.19 bits per heavy atom. The van der Waals surface area contributed by atoms with Gasteiger partial charge in [0.05, 0.1) is 6.04 Å². The van der Waals surface area contributed by atoms with Crippen LogP contribution in [0.25, 0.3) is 0 Å². The highest BCUT2D eigenvalue weighted by Gasteiger charge is 2.23. The van der Waals surface area contributed by atoms with Gasteiger partial charge in [-0.2, -0.15) is 0 Å². The molecule has 0 radical (unpaired) electrons. The molecule has 7 heteroatoms. The third-order valence-corrected chi connectivity index (χ3v) is 4.19. The van der Waals surface area contributed by atoms with Crippen molar-refractivity contribution in [3.8, 4) is 5.75 Å². The first-order valence-corrected chi connectivity index (χ1v) is 8.70. The molecule has 2 amide bonds. The molecule has 4 N–H and O–H groups in total. The van der Waals surface area contributed by atoms with Crippen molar-refractivity contribution >= 4 is 29.9 Å². The van der Waals surface area contributed by atoms with Crippen molar-refractivity contribution in [3.63, 3.8) is 0 Å². The van der Waals surface area contributed by atoms with Gasteiger partial charge >= 0.3 is 0 Å². The number of amides is 2. The summed E-state index contributed by atoms with van der Waals surface area (Å²) in [5.41, 5.74) is 7.73. The average molecular weight is 390 g/mol. The van der Waals surface area contributed by atoms with Crippen molar-refractivity contribution < 1.29 is 14.3 Å². The number of nitrogens with two attached hydrogens (primary N) is 1. The number of carbonyl (C=O) groups is 2. The van der Waals surface area contributed by atoms with Crippen LogP contribution in [-0.2, 0) is 4.79 Å². The summed E-state index contributed by atoms with van der Waals surface area (Å²) in [6.07, 6.45) is 2.11. The van der Waals surface area contributed by atoms with Crippen molar-refractivity contribution in [2.45, 2.75) is 31.8 Å². The minimum Gasteiger partial charge on any atom is -0.484 e. The van der Waals surface area contributed by atoms with Crippen LogP contribution in [0.15, 0.2) is 48.5 Å². The molecule has 3 rings (SSSR count). The number of carbonyl (C=O) groups excluding carboxylic acids is 2. The molecule has 0 aromatic heterocycles. The van der Waals surface area contributed by atoms with Crippen LogP contribution >= 0.6 is 12.4 Å². The minimum atomic E-state index is -0.179. The Morgan fingerprint density at radius 2 is 1.89 bits per heavy atom. The van der Waals surface area contributed by atoms with E-state index in [1.807, 2.05) is 19.1 Å². The SMILES string of the molecule is CC(NC(=O)c1cccc(N)c1)c1ccc(OCC(=O)NC2CC2)cc1.Cl. The van der Waals surface area contributed by atoms with Gasteiger partial charge in [0, 0.05) is 17.3 Å². The van der Waals surface area contributed by atoms with E-state index in [2.05, 4.69) is 10.6 Å². The van der Waals surface area contributed by atoms with Gasteiger partial charge in [0.25, 0.3) is 11.8 Å². The zero-order valence-electron chi connectivity index (χ0n) is 15.1. The number of rotatable bonds is 7. The standard InChI is InChI=1S/C20H23N3O3.ClH/c1-13(22-20(25)15-3-2-4-16(21)11-15)14-5-9-18(10-6-14)26-12-19(24)23-17-7-8-17;/h2-6,9-11,13,17H,7-8,12,21H2,1H3,(H,22,25)(H,23,24);1H. The summed E-state index contributed by atoms with van der Waals surface area (Å²) in [6, 6.07) is 14.4. The largest absolute Gasteiger partial charge is 0.484 e. The fourth-order valence-corrected chi connectivity index (χ4v) is 2.54. The fraction of sp³-hybridized carbons (Fsp3) is 0.300. The second-order valence-corrected chi connectivity index (χ2v) is 6.52. The molecule has 1 fully saturated rings. The minimum absolute atomic E-state index is 0. The molecule has 144 valence electrons. The summed E-state index contributed by atoms with van der Waals surface area (Å²) in [6.45, 7) is 1.92. The molecule has 0 saturated heterocycles. The molecule has 6 nitrogen and oxygen atoms in total. The third kappa shape index (κ3) is 6.18. The number of hydrogen-bond acceptors (Lipinski definition) is 4. The summed E-state index contributed by atoms with van der Waals surface area (Å²) in [5, 5.41) is 5.81. The highest BCUT2D eigenvalue weighted by atomic mass is 35.5. The smallest absolute Gasteiger partial charge is 0.258 e. The topological polar surface area (TPSA) is 93.5 Å². The lowest BCUT2D eigenvalue weighted by molar-refractivity contribution is -0.123. The number of anilines is 1. The normalized spacial score (nSPS) is 13.8. The zero-order valence-corrected chi connectivity index (χ0v) is 15.9. The van der Waals surface area contributed by atoms with E-state index in [1.165, 1.54) is 0 Å². The molecule has 27 heavy (non-hydrogen) atoms. The van der Waals surface area contributed by atoms with Gasteiger partial charge in [-0.25, -0.2) is 0 Å². The Hall–Kier alpha value is -2.73. The van der Waals surface area contributed by atoms with Crippen molar-refractivity contribution in [2.75, 3.05) is 12.3 Å². The Morgan fingerprint density at radius 3 is 2.52 bits per heavy atom. The molecule has 1 aliphatic rings. The van der Waals surface area contributed by atoms with Crippen LogP contribution in [-0.4, -0.2) is 24.5 Å². The second-order valence-electron chi connectivity index (χ2n) is 6.52. The van der Waals surface area contributed by atoms with Gasteiger partial charge in [-0.1, -0.05) is 18.2 Å². The molecular formula is C20H24ClN3O3. The highest BCUT2D eigenvalue weighted by Crippen LogP contribution is 2.20. The molecule has 0 heterocycles. The predicted octanol–water partition coefficient (Wildman–Crippen LogP) is 2.84. The summed E-state index contributed by atoms with van der Waals surface area (Å²) in [5.74, 6) is 0.343. The molecule has 2 aromatic rings. The summed E-state index contributed by atoms with van der Waals surface area (Å²) < 4.78 is 5.48. The molecule has 0 spiro atoms. The third-order valence-electron chi connectivity index (χ3n) is 4.19. The van der Waals surface area contributed by atoms with Crippen LogP contribution in [0.4, 0.5) is 5.69 Å². The molecule has 1 aliphatic carbocycles. The highest BCUT2D eigenvalue weighted by molar-refractivity contribution is 5.95. The lowest BCUT2D eigenvalue weighted by atomic mass is 10.1. The van der Waals surface area contributed by atoms with Crippen LogP contribution in [0.3, 0.4) is 0 Å². The van der Waals surface area contributed by atoms with Gasteiger partial charge in [0.2, 0.25) is 0 Å². The first-order chi connectivity index (χ1) is 12.5. The van der Waals surface area contributed by atoms with Crippen LogP contribution in [0, 0.1) is 0 Å². The van der Waals surface area contributed by atoms with E-state index in [1.54, 1.807) is 36.4 Å². The maximum Gasteiger partial charge on any atom is 0.258 e. The van der Waals surface area contributed by atoms with Crippen molar-refractivity contribution in [2.24, 2.45) is 0 Å². The average Bonchev–Trinajstić information content (AvgIpc) is 3.44. The number of ether oxygens (including phenoxy) is 1. The van der Waals surface area contributed by atoms with Gasteiger partial charge in [-0.3, -0.25) is 9.59 Å². The number of halogens is 1. The van der Waals surface area contributed by atoms with E-state index in [0.29, 0.717) is 23.0 Å². The van der Waals surface area contributed by atoms with Crippen LogP contribution in [0.2, 0.25) is 0 Å². The number of nitrogen functional groups attached to an aromatic ring is 1. The van der Waals surface area contributed by atoms with E-state index in [9.17, 15) is 9.59 Å². The van der Waals surface area contributed by atoms with Crippen LogP contribution in [0.1, 0.15) is 41.7 Å². The van der Waals surface area contributed by atoms with E-state index in [4.69, 9.17) is 10.5 Å². The molecule has 1 unspecified atom stereocenters. The quantitative estimate of drug-likeness (QED) is 0.635. The number of nitrogens with one attached hydrogen (secondary N) is 2. The summed E-state index contributed by atoms with van der Waals surface area (Å²) in [7, 11) is 0. The van der Waals surface area contributed by atoms with Gasteiger partial charge in [-0.05, 0) is 55.7 Å². The van der Waals surface area contributed by atoms with E-state index < -0.39 is 0 Å². The monoisotopic (exact) mass is 389 g/mol. The van der Waals surface area contributed by atoms with Gasteiger partial charge in [0.1, 0.15) is 5.75 Å². The lowest BCUT2D eigenvalue weighted by Gasteiger charge is -2.15. The van der Waals surface area contributed by atoms with Gasteiger partial charge < -0.3 is 21.1 Å². The number of hydrogen-bond donors (Lipinski definition) is 3. The van der Waals surface area contributed by atoms with E-state index in [-0.39, 0.29) is 36.9 Å². The van der Waals surface area contributed by atoms with Crippen molar-refractivity contribution in [1.29, 1.82) is 0 Å². The predicted molar refractivity (Wildman–Crippen MR) is 107 cm³/mol. The maximum atomic E-state index is 12.3. The summed E-state index contributed by atoms with van der Waals surface area (Å²) in [4.78, 5) is 23.9. The Kier molecular flexibility index (Phi) is 7.07. The molecule has 2 aromatic carbocycles. The molecule has 0 bridgehead atoms. The van der Waals surface area contributed by atoms with Crippen LogP contribution in [0.5, 0.6) is 5.75 Å². The lowest BCUT2D eigenvalue weighted by Crippen LogP contribution is -2.30. The Bertz CT molecular complexity index is 791. The molecule has 1 saturated carbocycles. The molecular weight excluding hydrogens is 366 g/mol. The Labute approximate surface area is 164 Å². The van der Waals surface area contributed by atoms with E-state index >= 15 is 0 Å². The van der Waals surface area contributed by atoms with Crippen molar-refractivity contribution in [1.82, 2.24) is 10.6 Å². The van der Waals surface area contributed by atoms with E-state index in [0.717, 1.165) is 18.4 Å². The first kappa shape index (κ1) is 20.6. The number of benzene rings is 2. The van der Waals surface area contributed by atoms with Gasteiger partial charge in [-0.15, -0.1) is 12.4 Å². The van der Waals surface area contributed by atoms with Gasteiger partial charge in [0.15, 0.2) is 6.61 Å². The second kappa shape index (κ2) is 9.28. The Balaban J connectivity index is 0.00000261. The first-order valence-electron chi connectivity index (χ1n) is 8.70. The molecule has 0 aliphatic heterocycles. The summed E-state index contributed by atoms with van der Waals surface area (Å²) >= 11 is 0. The van der Waals surface area contributed by atoms with Crippen LogP contribution < -0.4 is 21.1 Å². The maximum absolute atomic E-state index is 12.3. The molecule has 1 atom stereocenters. The zero-order chi connectivity index (χ0) is 18.5. The van der Waals surface area contributed by atoms with Crippen molar-refractivity contribution in [3.05, 3.63) is 59.7 Å².